The number of hydrogen-bond acceptors (Lipinski definition) is 1. The molecule has 0 aliphatic carbocycles. The van der Waals surface area contributed by atoms with Crippen molar-refractivity contribution in [2.75, 3.05) is 0 Å². The predicted molar refractivity (Wildman–Crippen MR) is 200 cm³/mol. The number of nitrogens with zero attached hydrogens (tertiary/aromatic N) is 1. The number of hydrogen-bond donors (Lipinski definition) is 0. The van der Waals surface area contributed by atoms with E-state index in [0.717, 1.165) is 43.8 Å². The van der Waals surface area contributed by atoms with E-state index in [1.165, 1.54) is 0 Å². The second-order valence-electron chi connectivity index (χ2n) is 11.9. The highest BCUT2D eigenvalue weighted by atomic mass is 19.1. The van der Waals surface area contributed by atoms with Gasteiger partial charge in [0, 0.05) is 33.4 Å². The third kappa shape index (κ3) is 6.01. The smallest absolute Gasteiger partial charge is 0.160 e. The van der Waals surface area contributed by atoms with Crippen molar-refractivity contribution in [3.8, 4) is 57.3 Å². The summed E-state index contributed by atoms with van der Waals surface area (Å²) in [6, 6.07) is 51.4. The van der Waals surface area contributed by atoms with E-state index in [2.05, 4.69) is 29.7 Å². The van der Waals surface area contributed by atoms with Crippen molar-refractivity contribution in [1.29, 1.82) is 0 Å². The first-order chi connectivity index (χ1) is 24.6. The van der Waals surface area contributed by atoms with Crippen LogP contribution < -0.4 is 0 Å². The summed E-state index contributed by atoms with van der Waals surface area (Å²) in [6.45, 7) is 0. The Hall–Kier alpha value is -6.81. The van der Waals surface area contributed by atoms with Crippen LogP contribution in [0.25, 0.3) is 55.2 Å². The summed E-state index contributed by atoms with van der Waals surface area (Å²) >= 11 is 0. The van der Waals surface area contributed by atoms with Crippen molar-refractivity contribution in [2.24, 2.45) is 0 Å². The summed E-state index contributed by atoms with van der Waals surface area (Å²) < 4.78 is 33.9. The summed E-state index contributed by atoms with van der Waals surface area (Å²) in [7, 11) is 0. The van der Waals surface area contributed by atoms with Crippen molar-refractivity contribution < 1.29 is 8.78 Å². The molecule has 1 heterocycles. The van der Waals surface area contributed by atoms with Crippen LogP contribution in [0.3, 0.4) is 0 Å². The molecule has 234 valence electrons. The number of halogens is 2. The third-order valence-corrected chi connectivity index (χ3v) is 8.67. The van der Waals surface area contributed by atoms with Crippen LogP contribution in [0.1, 0.15) is 22.3 Å². The fraction of sp³-hybridized carbons (Fsp3) is 0. The summed E-state index contributed by atoms with van der Waals surface area (Å²) in [4.78, 5) is 4.79. The van der Waals surface area contributed by atoms with Gasteiger partial charge < -0.3 is 0 Å². The van der Waals surface area contributed by atoms with Gasteiger partial charge in [-0.15, -0.1) is 0 Å². The highest BCUT2D eigenvalue weighted by Crippen LogP contribution is 2.42. The lowest BCUT2D eigenvalue weighted by Gasteiger charge is -2.17. The molecule has 3 heteroatoms. The van der Waals surface area contributed by atoms with Gasteiger partial charge in [-0.2, -0.15) is 0 Å². The van der Waals surface area contributed by atoms with Gasteiger partial charge in [0.05, 0.1) is 5.56 Å². The van der Waals surface area contributed by atoms with Crippen LogP contribution in [0, 0.1) is 35.3 Å². The first-order valence-electron chi connectivity index (χ1n) is 16.3. The average Bonchev–Trinajstić information content (AvgIpc) is 3.17. The minimum Gasteiger partial charge on any atom is -0.242 e. The van der Waals surface area contributed by atoms with Crippen molar-refractivity contribution in [3.05, 3.63) is 198 Å². The van der Waals surface area contributed by atoms with Crippen LogP contribution in [0.2, 0.25) is 0 Å². The lowest BCUT2D eigenvalue weighted by atomic mass is 9.91. The molecular formula is C47H27F2N. The van der Waals surface area contributed by atoms with Crippen LogP contribution in [-0.2, 0) is 0 Å². The standard InChI is InChI=1S/C47H27F2N/c48-44-42(36-27-23-34(24-28-36)21-19-32-11-3-1-4-12-32)45(49)47(43-40-17-9-7-15-38(40)31-39-16-8-10-18-41(39)43)50-46(44)37-29-25-35(26-30-37)22-20-33-13-5-2-6-14-33/h1-18,23-31H. The van der Waals surface area contributed by atoms with Crippen LogP contribution in [-0.4, -0.2) is 4.98 Å². The van der Waals surface area contributed by atoms with E-state index in [4.69, 9.17) is 4.98 Å². The van der Waals surface area contributed by atoms with E-state index in [-0.39, 0.29) is 17.0 Å². The minimum absolute atomic E-state index is 0.0592. The van der Waals surface area contributed by atoms with Gasteiger partial charge in [-0.25, -0.2) is 13.8 Å². The zero-order chi connectivity index (χ0) is 33.9. The Morgan fingerprint density at radius 2 is 0.760 bits per heavy atom. The van der Waals surface area contributed by atoms with Gasteiger partial charge in [0.25, 0.3) is 0 Å². The largest absolute Gasteiger partial charge is 0.242 e. The normalized spacial score (nSPS) is 10.7. The molecule has 0 amide bonds. The quantitative estimate of drug-likeness (QED) is 0.138. The van der Waals surface area contributed by atoms with Gasteiger partial charge in [0.15, 0.2) is 11.6 Å². The topological polar surface area (TPSA) is 12.9 Å². The second-order valence-corrected chi connectivity index (χ2v) is 11.9. The Balaban J connectivity index is 1.31. The molecule has 0 saturated heterocycles. The first-order valence-corrected chi connectivity index (χ1v) is 16.3. The molecule has 0 radical (unpaired) electrons. The molecule has 0 spiro atoms. The lowest BCUT2D eigenvalue weighted by molar-refractivity contribution is 0.585. The summed E-state index contributed by atoms with van der Waals surface area (Å²) in [5.74, 6) is 11.2. The fourth-order valence-electron chi connectivity index (χ4n) is 6.19. The Morgan fingerprint density at radius 3 is 1.26 bits per heavy atom. The van der Waals surface area contributed by atoms with Gasteiger partial charge in [-0.3, -0.25) is 0 Å². The van der Waals surface area contributed by atoms with Gasteiger partial charge in [0.1, 0.15) is 11.4 Å². The van der Waals surface area contributed by atoms with Crippen molar-refractivity contribution in [2.45, 2.75) is 0 Å². The predicted octanol–water partition coefficient (Wildman–Crippen LogP) is 11.5. The fourth-order valence-corrected chi connectivity index (χ4v) is 6.19. The number of rotatable bonds is 3. The second kappa shape index (κ2) is 13.4. The Labute approximate surface area is 289 Å². The zero-order valence-corrected chi connectivity index (χ0v) is 26.8. The Morgan fingerprint density at radius 1 is 0.360 bits per heavy atom. The first kappa shape index (κ1) is 30.5. The number of benzene rings is 7. The molecule has 1 aromatic heterocycles. The highest BCUT2D eigenvalue weighted by molar-refractivity contribution is 6.12. The molecule has 8 rings (SSSR count). The van der Waals surface area contributed by atoms with E-state index >= 15 is 8.78 Å². The van der Waals surface area contributed by atoms with Crippen LogP contribution in [0.4, 0.5) is 8.78 Å². The SMILES string of the molecule is Fc1c(-c2ccc(C#Cc3ccccc3)cc2)nc(-c2c3ccccc3cc3ccccc23)c(F)c1-c1ccc(C#Cc2ccccc2)cc1. The van der Waals surface area contributed by atoms with E-state index in [9.17, 15) is 0 Å². The van der Waals surface area contributed by atoms with E-state index in [1.807, 2.05) is 121 Å². The molecule has 0 unspecified atom stereocenters. The van der Waals surface area contributed by atoms with Gasteiger partial charge in [0.2, 0.25) is 0 Å². The highest BCUT2D eigenvalue weighted by Gasteiger charge is 2.25. The number of aromatic nitrogens is 1. The Kier molecular flexibility index (Phi) is 8.16. The minimum atomic E-state index is -0.734. The van der Waals surface area contributed by atoms with E-state index < -0.39 is 11.6 Å². The molecular weight excluding hydrogens is 617 g/mol. The molecule has 0 saturated carbocycles. The molecule has 1 nitrogen and oxygen atoms in total. The molecule has 0 aliphatic rings. The molecule has 0 aliphatic heterocycles. The molecule has 7 aromatic carbocycles. The number of fused-ring (bicyclic) bond motifs is 2. The molecule has 8 aromatic rings. The lowest BCUT2D eigenvalue weighted by Crippen LogP contribution is -2.03. The van der Waals surface area contributed by atoms with Gasteiger partial charge in [-0.05, 0) is 81.7 Å². The number of pyridine rings is 1. The summed E-state index contributed by atoms with van der Waals surface area (Å²) in [5, 5.41) is 3.55. The van der Waals surface area contributed by atoms with E-state index in [0.29, 0.717) is 16.7 Å². The zero-order valence-electron chi connectivity index (χ0n) is 26.8. The molecule has 0 bridgehead atoms. The monoisotopic (exact) mass is 643 g/mol. The molecule has 0 fully saturated rings. The van der Waals surface area contributed by atoms with Crippen LogP contribution in [0.5, 0.6) is 0 Å². The van der Waals surface area contributed by atoms with Crippen molar-refractivity contribution in [3.63, 3.8) is 0 Å². The van der Waals surface area contributed by atoms with Gasteiger partial charge >= 0.3 is 0 Å². The maximum absolute atomic E-state index is 17.1. The Bertz CT molecular complexity index is 2590. The molecule has 0 N–H and O–H groups in total. The maximum Gasteiger partial charge on any atom is 0.160 e. The van der Waals surface area contributed by atoms with Crippen LogP contribution in [0.15, 0.2) is 164 Å². The van der Waals surface area contributed by atoms with Crippen molar-refractivity contribution in [1.82, 2.24) is 4.98 Å². The van der Waals surface area contributed by atoms with E-state index in [1.54, 1.807) is 36.4 Å². The van der Waals surface area contributed by atoms with Crippen LogP contribution >= 0.6 is 0 Å². The third-order valence-electron chi connectivity index (χ3n) is 8.67. The summed E-state index contributed by atoms with van der Waals surface area (Å²) in [6.07, 6.45) is 0. The van der Waals surface area contributed by atoms with Crippen molar-refractivity contribution >= 4 is 21.5 Å². The molecule has 50 heavy (non-hydrogen) atoms. The van der Waals surface area contributed by atoms with Gasteiger partial charge in [-0.1, -0.05) is 133 Å². The molecule has 0 atom stereocenters. The maximum atomic E-state index is 17.1. The summed E-state index contributed by atoms with van der Waals surface area (Å²) in [5.41, 5.74) is 4.83. The average molecular weight is 644 g/mol.